The molecular weight excluding hydrogens is 458 g/mol. The molecule has 0 fully saturated rings. The molecular formula is C28H31N3O3S. The Balaban J connectivity index is 0.000000466. The summed E-state index contributed by atoms with van der Waals surface area (Å²) in [7, 11) is 0. The Morgan fingerprint density at radius 2 is 1.91 bits per heavy atom. The van der Waals surface area contributed by atoms with Gasteiger partial charge in [-0.15, -0.1) is 4.91 Å². The lowest BCUT2D eigenvalue weighted by Crippen LogP contribution is -2.31. The molecule has 35 heavy (non-hydrogen) atoms. The highest BCUT2D eigenvalue weighted by molar-refractivity contribution is 7.98. The third-order valence-corrected chi connectivity index (χ3v) is 5.80. The zero-order chi connectivity index (χ0) is 25.6. The van der Waals surface area contributed by atoms with Crippen LogP contribution >= 0.6 is 11.8 Å². The largest absolute Gasteiger partial charge is 0.431 e. The van der Waals surface area contributed by atoms with Gasteiger partial charge in [0.15, 0.2) is 5.76 Å². The van der Waals surface area contributed by atoms with E-state index in [1.165, 1.54) is 17.3 Å². The first-order chi connectivity index (χ1) is 16.9. The van der Waals surface area contributed by atoms with Crippen molar-refractivity contribution in [2.45, 2.75) is 44.2 Å². The molecule has 0 saturated heterocycles. The molecule has 0 aliphatic heterocycles. The van der Waals surface area contributed by atoms with E-state index in [1.807, 2.05) is 99.7 Å². The summed E-state index contributed by atoms with van der Waals surface area (Å²) in [5.41, 5.74) is 10.7. The van der Waals surface area contributed by atoms with Gasteiger partial charge in [-0.05, 0) is 38.3 Å². The first kappa shape index (κ1) is 27.7. The fourth-order valence-electron chi connectivity index (χ4n) is 3.01. The number of nitroso groups, excluding NO2 is 1. The van der Waals surface area contributed by atoms with Crippen molar-refractivity contribution in [3.63, 3.8) is 0 Å². The lowest BCUT2D eigenvalue weighted by atomic mass is 10.0. The van der Waals surface area contributed by atoms with Crippen molar-refractivity contribution >= 4 is 17.7 Å². The number of benzene rings is 2. The van der Waals surface area contributed by atoms with Gasteiger partial charge in [0, 0.05) is 16.5 Å². The van der Waals surface area contributed by atoms with Gasteiger partial charge in [-0.25, -0.2) is 4.98 Å². The van der Waals surface area contributed by atoms with E-state index in [2.05, 4.69) is 16.7 Å². The first-order valence-corrected chi connectivity index (χ1v) is 12.1. The van der Waals surface area contributed by atoms with E-state index < -0.39 is 11.9 Å². The number of thioether (sulfide) groups is 1. The van der Waals surface area contributed by atoms with Gasteiger partial charge in [-0.1, -0.05) is 103 Å². The molecule has 3 rings (SSSR count). The number of oxazole rings is 1. The van der Waals surface area contributed by atoms with Crippen LogP contribution in [0.3, 0.4) is 0 Å². The average Bonchev–Trinajstić information content (AvgIpc) is 3.26. The van der Waals surface area contributed by atoms with Crippen LogP contribution in [0, 0.1) is 11.8 Å². The van der Waals surface area contributed by atoms with Crippen molar-refractivity contribution in [3.05, 3.63) is 113 Å². The minimum absolute atomic E-state index is 0.277. The van der Waals surface area contributed by atoms with Crippen molar-refractivity contribution in [1.29, 1.82) is 0 Å². The Hall–Kier alpha value is -3.55. The lowest BCUT2D eigenvalue weighted by Gasteiger charge is -2.07. The van der Waals surface area contributed by atoms with Crippen molar-refractivity contribution in [2.75, 3.05) is 0 Å². The molecule has 7 heteroatoms. The zero-order valence-corrected chi connectivity index (χ0v) is 21.1. The molecule has 2 N–H and O–H groups in total. The molecule has 0 bridgehead atoms. The minimum Gasteiger partial charge on any atom is -0.431 e. The predicted octanol–water partition coefficient (Wildman–Crippen LogP) is 6.80. The molecule has 3 aromatic rings. The predicted molar refractivity (Wildman–Crippen MR) is 144 cm³/mol. The van der Waals surface area contributed by atoms with Crippen molar-refractivity contribution < 1.29 is 9.21 Å². The molecule has 0 aliphatic rings. The number of hydrogen-bond acceptors (Lipinski definition) is 6. The molecule has 1 amide bonds. The fraction of sp³-hybridized carbons (Fsp3) is 0.214. The molecule has 2 aromatic carbocycles. The van der Waals surface area contributed by atoms with Crippen LogP contribution in [-0.4, -0.2) is 16.9 Å². The number of aryl methyl sites for hydroxylation is 1. The van der Waals surface area contributed by atoms with Gasteiger partial charge < -0.3 is 10.2 Å². The van der Waals surface area contributed by atoms with Gasteiger partial charge in [0.1, 0.15) is 0 Å². The quantitative estimate of drug-likeness (QED) is 0.202. The highest BCUT2D eigenvalue weighted by atomic mass is 32.2. The third-order valence-electron chi connectivity index (χ3n) is 4.90. The Morgan fingerprint density at radius 3 is 2.57 bits per heavy atom. The molecule has 0 radical (unpaired) electrons. The zero-order valence-electron chi connectivity index (χ0n) is 20.3. The van der Waals surface area contributed by atoms with E-state index >= 15 is 0 Å². The molecule has 182 valence electrons. The number of allylic oxidation sites excluding steroid dienone is 5. The maximum absolute atomic E-state index is 11.2. The van der Waals surface area contributed by atoms with E-state index in [0.717, 1.165) is 28.1 Å². The van der Waals surface area contributed by atoms with Crippen LogP contribution < -0.4 is 5.73 Å². The molecule has 1 heterocycles. The second-order valence-corrected chi connectivity index (χ2v) is 8.68. The number of rotatable bonds is 9. The van der Waals surface area contributed by atoms with Crippen LogP contribution in [0.1, 0.15) is 30.7 Å². The van der Waals surface area contributed by atoms with E-state index in [9.17, 15) is 9.70 Å². The van der Waals surface area contributed by atoms with Crippen molar-refractivity contribution in [3.8, 4) is 11.3 Å². The molecule has 1 aromatic heterocycles. The lowest BCUT2D eigenvalue weighted by molar-refractivity contribution is -0.119. The van der Waals surface area contributed by atoms with Crippen LogP contribution in [0.2, 0.25) is 0 Å². The van der Waals surface area contributed by atoms with Crippen LogP contribution in [-0.2, 0) is 17.0 Å². The summed E-state index contributed by atoms with van der Waals surface area (Å²) in [6, 6.07) is 16.7. The molecule has 0 aliphatic carbocycles. The normalized spacial score (nSPS) is 12.1. The van der Waals surface area contributed by atoms with Gasteiger partial charge in [0.2, 0.25) is 0 Å². The SMILES string of the molecule is C=C/C(C)=C\C=C/C.Cc1nc(SCc2cccc(CC(N)C(=O)N=O)c2)oc1-c1ccccc1. The molecule has 1 atom stereocenters. The van der Waals surface area contributed by atoms with Gasteiger partial charge in [0.05, 0.1) is 11.7 Å². The van der Waals surface area contributed by atoms with Crippen LogP contribution in [0.25, 0.3) is 11.3 Å². The maximum Gasteiger partial charge on any atom is 0.303 e. The Kier molecular flexibility index (Phi) is 11.6. The Morgan fingerprint density at radius 1 is 1.20 bits per heavy atom. The molecule has 1 unspecified atom stereocenters. The number of amides is 1. The Bertz CT molecular complexity index is 1180. The standard InChI is InChI=1S/C20H19N3O3S.C8H12/c1-13-18(16-8-3-2-4-9-16)26-20(22-13)27-12-15-7-5-6-14(10-15)11-17(21)19(24)23-25;1-4-6-7-8(3)5-2/h2-10,17H,11-12,21H2,1H3;4-7H,2H2,1,3H3/b;6-4-,8-7-. The van der Waals surface area contributed by atoms with Crippen LogP contribution in [0.4, 0.5) is 0 Å². The second kappa shape index (κ2) is 14.7. The maximum atomic E-state index is 11.2. The third kappa shape index (κ3) is 9.31. The monoisotopic (exact) mass is 489 g/mol. The number of nitrogens with two attached hydrogens (primary N) is 1. The molecule has 6 nitrogen and oxygen atoms in total. The van der Waals surface area contributed by atoms with Crippen LogP contribution in [0.15, 0.2) is 106 Å². The summed E-state index contributed by atoms with van der Waals surface area (Å²) in [5, 5.41) is 2.99. The molecule has 0 saturated carbocycles. The number of hydrogen-bond donors (Lipinski definition) is 1. The fourth-order valence-corrected chi connectivity index (χ4v) is 3.82. The number of carbonyl (C=O) groups excluding carboxylic acids is 1. The van der Waals surface area contributed by atoms with Gasteiger partial charge in [0.25, 0.3) is 5.22 Å². The second-order valence-electron chi connectivity index (χ2n) is 7.75. The van der Waals surface area contributed by atoms with E-state index in [4.69, 9.17) is 10.2 Å². The number of nitrogens with zero attached hydrogens (tertiary/aromatic N) is 2. The highest BCUT2D eigenvalue weighted by Gasteiger charge is 2.15. The summed E-state index contributed by atoms with van der Waals surface area (Å²) in [6.07, 6.45) is 8.12. The van der Waals surface area contributed by atoms with E-state index in [1.54, 1.807) is 0 Å². The van der Waals surface area contributed by atoms with E-state index in [-0.39, 0.29) is 6.42 Å². The topological polar surface area (TPSA) is 98.5 Å². The summed E-state index contributed by atoms with van der Waals surface area (Å²) >= 11 is 1.50. The smallest absolute Gasteiger partial charge is 0.303 e. The van der Waals surface area contributed by atoms with Gasteiger partial charge in [-0.3, -0.25) is 4.79 Å². The average molecular weight is 490 g/mol. The summed E-state index contributed by atoms with van der Waals surface area (Å²) in [5.74, 6) is 0.605. The summed E-state index contributed by atoms with van der Waals surface area (Å²) in [4.78, 5) is 26.0. The first-order valence-electron chi connectivity index (χ1n) is 11.2. The highest BCUT2D eigenvalue weighted by Crippen LogP contribution is 2.30. The van der Waals surface area contributed by atoms with Crippen molar-refractivity contribution in [2.24, 2.45) is 10.9 Å². The van der Waals surface area contributed by atoms with Gasteiger partial charge in [-0.2, -0.15) is 0 Å². The summed E-state index contributed by atoms with van der Waals surface area (Å²) in [6.45, 7) is 9.55. The van der Waals surface area contributed by atoms with E-state index in [0.29, 0.717) is 11.0 Å². The van der Waals surface area contributed by atoms with Crippen LogP contribution in [0.5, 0.6) is 0 Å². The Labute approximate surface area is 211 Å². The van der Waals surface area contributed by atoms with Crippen molar-refractivity contribution in [1.82, 2.24) is 4.98 Å². The number of carbonyl (C=O) groups is 1. The number of aromatic nitrogens is 1. The summed E-state index contributed by atoms with van der Waals surface area (Å²) < 4.78 is 5.90. The van der Waals surface area contributed by atoms with Gasteiger partial charge >= 0.3 is 5.91 Å². The molecule has 0 spiro atoms. The minimum atomic E-state index is -0.909.